The zero-order valence-corrected chi connectivity index (χ0v) is 14.3. The Morgan fingerprint density at radius 2 is 1.85 bits per heavy atom. The molecule has 7 heteroatoms. The molecule has 3 aromatic heterocycles. The summed E-state index contributed by atoms with van der Waals surface area (Å²) < 4.78 is 0. The summed E-state index contributed by atoms with van der Waals surface area (Å²) in [5, 5.41) is 4.21. The molecule has 0 aliphatic carbocycles. The van der Waals surface area contributed by atoms with Crippen molar-refractivity contribution in [2.75, 3.05) is 5.32 Å². The van der Waals surface area contributed by atoms with E-state index in [2.05, 4.69) is 47.4 Å². The Labute approximate surface area is 154 Å². The highest BCUT2D eigenvalue weighted by molar-refractivity contribution is 5.91. The van der Waals surface area contributed by atoms with Gasteiger partial charge in [0.2, 0.25) is 5.95 Å². The van der Waals surface area contributed by atoms with E-state index in [1.807, 2.05) is 42.6 Å². The SMILES string of the molecule is c1ccc(CNc2ncc3cc(-c4ncnc5nc[nH]c45)ccc3n2)cc1. The average molecular weight is 353 g/mol. The average Bonchev–Trinajstić information content (AvgIpc) is 3.21. The molecule has 7 nitrogen and oxygen atoms in total. The molecule has 5 rings (SSSR count). The summed E-state index contributed by atoms with van der Waals surface area (Å²) in [6, 6.07) is 16.2. The maximum absolute atomic E-state index is 4.60. The summed E-state index contributed by atoms with van der Waals surface area (Å²) >= 11 is 0. The Morgan fingerprint density at radius 3 is 2.78 bits per heavy atom. The number of fused-ring (bicyclic) bond motifs is 2. The predicted octanol–water partition coefficient (Wildman–Crippen LogP) is 3.58. The quantitative estimate of drug-likeness (QED) is 0.513. The Bertz CT molecular complexity index is 1230. The minimum absolute atomic E-state index is 0.608. The van der Waals surface area contributed by atoms with E-state index in [9.17, 15) is 0 Å². The van der Waals surface area contributed by atoms with E-state index in [-0.39, 0.29) is 0 Å². The first-order valence-electron chi connectivity index (χ1n) is 8.56. The highest BCUT2D eigenvalue weighted by atomic mass is 15.1. The smallest absolute Gasteiger partial charge is 0.223 e. The van der Waals surface area contributed by atoms with Gasteiger partial charge in [-0.05, 0) is 17.7 Å². The fraction of sp³-hybridized carbons (Fsp3) is 0.0500. The summed E-state index contributed by atoms with van der Waals surface area (Å²) in [4.78, 5) is 24.9. The van der Waals surface area contributed by atoms with Gasteiger partial charge in [0.1, 0.15) is 11.8 Å². The van der Waals surface area contributed by atoms with Crippen LogP contribution in [0, 0.1) is 0 Å². The van der Waals surface area contributed by atoms with Crippen molar-refractivity contribution < 1.29 is 0 Å². The highest BCUT2D eigenvalue weighted by Crippen LogP contribution is 2.26. The second kappa shape index (κ2) is 6.45. The van der Waals surface area contributed by atoms with Crippen LogP contribution in [0.3, 0.4) is 0 Å². The number of nitrogens with one attached hydrogen (secondary N) is 2. The zero-order chi connectivity index (χ0) is 18.1. The van der Waals surface area contributed by atoms with Gasteiger partial charge in [0.15, 0.2) is 5.65 Å². The molecule has 0 saturated carbocycles. The molecule has 0 radical (unpaired) electrons. The second-order valence-electron chi connectivity index (χ2n) is 6.13. The molecule has 0 fully saturated rings. The van der Waals surface area contributed by atoms with Crippen LogP contribution in [-0.4, -0.2) is 29.9 Å². The number of aromatic nitrogens is 6. The third-order valence-electron chi connectivity index (χ3n) is 4.37. The van der Waals surface area contributed by atoms with Crippen LogP contribution in [0.15, 0.2) is 67.4 Å². The van der Waals surface area contributed by atoms with Crippen LogP contribution in [0.2, 0.25) is 0 Å². The molecule has 130 valence electrons. The third kappa shape index (κ3) is 2.95. The second-order valence-corrected chi connectivity index (χ2v) is 6.13. The molecule has 5 aromatic rings. The molecule has 0 saturated heterocycles. The Kier molecular flexibility index (Phi) is 3.68. The van der Waals surface area contributed by atoms with Crippen molar-refractivity contribution in [2.45, 2.75) is 6.54 Å². The van der Waals surface area contributed by atoms with Crippen LogP contribution in [0.25, 0.3) is 33.3 Å². The van der Waals surface area contributed by atoms with Crippen LogP contribution in [0.5, 0.6) is 0 Å². The normalized spacial score (nSPS) is 11.1. The number of imidazole rings is 1. The van der Waals surface area contributed by atoms with Gasteiger partial charge in [-0.2, -0.15) is 0 Å². The molecule has 27 heavy (non-hydrogen) atoms. The van der Waals surface area contributed by atoms with Gasteiger partial charge in [0.25, 0.3) is 0 Å². The van der Waals surface area contributed by atoms with Crippen molar-refractivity contribution in [1.82, 2.24) is 29.9 Å². The first kappa shape index (κ1) is 15.4. The molecule has 0 bridgehead atoms. The van der Waals surface area contributed by atoms with Crippen molar-refractivity contribution in [3.05, 3.63) is 72.9 Å². The van der Waals surface area contributed by atoms with Gasteiger partial charge >= 0.3 is 0 Å². The van der Waals surface area contributed by atoms with E-state index in [0.29, 0.717) is 18.1 Å². The summed E-state index contributed by atoms with van der Waals surface area (Å²) in [6.07, 6.45) is 4.97. The number of aromatic amines is 1. The van der Waals surface area contributed by atoms with E-state index in [1.54, 1.807) is 6.33 Å². The first-order valence-corrected chi connectivity index (χ1v) is 8.56. The molecule has 2 N–H and O–H groups in total. The molecule has 0 aliphatic heterocycles. The lowest BCUT2D eigenvalue weighted by molar-refractivity contribution is 1.07. The summed E-state index contributed by atoms with van der Waals surface area (Å²) in [5.74, 6) is 0.608. The standard InChI is InChI=1S/C20H15N7/c1-2-4-13(5-3-1)9-21-20-22-10-15-8-14(6-7-16(15)27-20)17-18-19(25-11-23-17)26-12-24-18/h1-8,10-12H,9H2,(H,21,22,27)(H,23,24,25,26). The maximum atomic E-state index is 4.60. The van der Waals surface area contributed by atoms with Gasteiger partial charge in [-0.15, -0.1) is 0 Å². The monoisotopic (exact) mass is 353 g/mol. The Balaban J connectivity index is 1.46. The van der Waals surface area contributed by atoms with Crippen LogP contribution in [-0.2, 0) is 6.54 Å². The largest absolute Gasteiger partial charge is 0.350 e. The topological polar surface area (TPSA) is 92.3 Å². The van der Waals surface area contributed by atoms with Crippen molar-refractivity contribution in [2.24, 2.45) is 0 Å². The highest BCUT2D eigenvalue weighted by Gasteiger charge is 2.09. The van der Waals surface area contributed by atoms with E-state index < -0.39 is 0 Å². The number of H-pyrrole nitrogens is 1. The van der Waals surface area contributed by atoms with Crippen LogP contribution in [0.4, 0.5) is 5.95 Å². The van der Waals surface area contributed by atoms with Gasteiger partial charge in [-0.3, -0.25) is 0 Å². The summed E-state index contributed by atoms with van der Waals surface area (Å²) in [7, 11) is 0. The van der Waals surface area contributed by atoms with Crippen molar-refractivity contribution in [3.8, 4) is 11.3 Å². The lowest BCUT2D eigenvalue weighted by Gasteiger charge is -2.07. The van der Waals surface area contributed by atoms with E-state index in [1.165, 1.54) is 11.9 Å². The zero-order valence-electron chi connectivity index (χ0n) is 14.3. The molecule has 0 atom stereocenters. The lowest BCUT2D eigenvalue weighted by Crippen LogP contribution is -2.03. The van der Waals surface area contributed by atoms with E-state index in [4.69, 9.17) is 0 Å². The molecular formula is C20H15N7. The summed E-state index contributed by atoms with van der Waals surface area (Å²) in [6.45, 7) is 0.684. The lowest BCUT2D eigenvalue weighted by atomic mass is 10.1. The molecular weight excluding hydrogens is 338 g/mol. The molecule has 0 amide bonds. The third-order valence-corrected chi connectivity index (χ3v) is 4.37. The number of hydrogen-bond acceptors (Lipinski definition) is 6. The van der Waals surface area contributed by atoms with Crippen LogP contribution in [0.1, 0.15) is 5.56 Å². The van der Waals surface area contributed by atoms with Gasteiger partial charge < -0.3 is 10.3 Å². The number of hydrogen-bond donors (Lipinski definition) is 2. The van der Waals surface area contributed by atoms with Crippen LogP contribution >= 0.6 is 0 Å². The Morgan fingerprint density at radius 1 is 0.926 bits per heavy atom. The minimum atomic E-state index is 0.608. The number of nitrogens with zero attached hydrogens (tertiary/aromatic N) is 5. The number of anilines is 1. The van der Waals surface area contributed by atoms with Crippen molar-refractivity contribution >= 4 is 28.0 Å². The van der Waals surface area contributed by atoms with Gasteiger partial charge in [-0.25, -0.2) is 24.9 Å². The fourth-order valence-corrected chi connectivity index (χ4v) is 3.03. The molecule has 0 aliphatic rings. The minimum Gasteiger partial charge on any atom is -0.350 e. The molecule has 0 spiro atoms. The van der Waals surface area contributed by atoms with E-state index >= 15 is 0 Å². The number of rotatable bonds is 4. The summed E-state index contributed by atoms with van der Waals surface area (Å²) in [5.41, 5.74) is 5.30. The molecule has 3 heterocycles. The van der Waals surface area contributed by atoms with Crippen molar-refractivity contribution in [1.29, 1.82) is 0 Å². The van der Waals surface area contributed by atoms with Crippen LogP contribution < -0.4 is 5.32 Å². The number of benzene rings is 2. The first-order chi connectivity index (χ1) is 13.4. The van der Waals surface area contributed by atoms with Gasteiger partial charge in [0, 0.05) is 23.7 Å². The van der Waals surface area contributed by atoms with Gasteiger partial charge in [0.05, 0.1) is 17.5 Å². The maximum Gasteiger partial charge on any atom is 0.223 e. The predicted molar refractivity (Wildman–Crippen MR) is 104 cm³/mol. The van der Waals surface area contributed by atoms with E-state index in [0.717, 1.165) is 27.7 Å². The van der Waals surface area contributed by atoms with Gasteiger partial charge in [-0.1, -0.05) is 36.4 Å². The Hall–Kier alpha value is -3.87. The van der Waals surface area contributed by atoms with Crippen molar-refractivity contribution in [3.63, 3.8) is 0 Å². The fourth-order valence-electron chi connectivity index (χ4n) is 3.03. The molecule has 0 unspecified atom stereocenters. The molecule has 2 aromatic carbocycles.